The van der Waals surface area contributed by atoms with E-state index in [9.17, 15) is 9.59 Å². The molecule has 0 heterocycles. The molecule has 0 spiro atoms. The maximum Gasteiger partial charge on any atom is 0.313 e. The van der Waals surface area contributed by atoms with E-state index in [4.69, 9.17) is 5.73 Å². The molecule has 4 heteroatoms. The Bertz CT molecular complexity index is 374. The lowest BCUT2D eigenvalue weighted by Gasteiger charge is -2.02. The number of carbonyl (C=O) groups is 2. The van der Waals surface area contributed by atoms with Crippen molar-refractivity contribution in [3.05, 3.63) is 29.8 Å². The second-order valence-electron chi connectivity index (χ2n) is 3.03. The van der Waals surface area contributed by atoms with Gasteiger partial charge in [0.2, 0.25) is 0 Å². The minimum absolute atomic E-state index is 0.239. The van der Waals surface area contributed by atoms with Crippen LogP contribution >= 0.6 is 0 Å². The van der Waals surface area contributed by atoms with Crippen molar-refractivity contribution in [3.63, 3.8) is 0 Å². The first-order valence-electron chi connectivity index (χ1n) is 4.68. The maximum atomic E-state index is 11.5. The monoisotopic (exact) mass is 207 g/mol. The van der Waals surface area contributed by atoms with E-state index in [1.165, 1.54) is 0 Å². The second kappa shape index (κ2) is 5.14. The molecule has 15 heavy (non-hydrogen) atoms. The number of ether oxygens (including phenoxy) is 1. The van der Waals surface area contributed by atoms with E-state index in [-0.39, 0.29) is 18.8 Å². The fraction of sp³-hybridized carbons (Fsp3) is 0.273. The van der Waals surface area contributed by atoms with E-state index in [2.05, 4.69) is 4.74 Å². The van der Waals surface area contributed by atoms with Gasteiger partial charge in [-0.1, -0.05) is 12.1 Å². The summed E-state index contributed by atoms with van der Waals surface area (Å²) in [5.74, 6) is -0.786. The zero-order valence-corrected chi connectivity index (χ0v) is 8.53. The molecule has 1 rings (SSSR count). The number of ketones is 1. The van der Waals surface area contributed by atoms with Crippen LogP contribution in [0, 0.1) is 0 Å². The molecule has 1 aromatic carbocycles. The lowest BCUT2D eigenvalue weighted by atomic mass is 10.1. The molecular formula is C11H13NO3. The maximum absolute atomic E-state index is 11.5. The van der Waals surface area contributed by atoms with Gasteiger partial charge in [-0.25, -0.2) is 0 Å². The van der Waals surface area contributed by atoms with E-state index >= 15 is 0 Å². The molecule has 0 bridgehead atoms. The molecule has 0 radical (unpaired) electrons. The Hall–Kier alpha value is -1.84. The highest BCUT2D eigenvalue weighted by Crippen LogP contribution is 2.09. The highest BCUT2D eigenvalue weighted by molar-refractivity contribution is 6.06. The van der Waals surface area contributed by atoms with Gasteiger partial charge in [0.15, 0.2) is 5.78 Å². The van der Waals surface area contributed by atoms with Gasteiger partial charge >= 0.3 is 5.97 Å². The molecule has 4 nitrogen and oxygen atoms in total. The van der Waals surface area contributed by atoms with Crippen molar-refractivity contribution in [1.29, 1.82) is 0 Å². The van der Waals surface area contributed by atoms with E-state index < -0.39 is 5.97 Å². The number of carbonyl (C=O) groups excluding carboxylic acids is 2. The first-order valence-corrected chi connectivity index (χ1v) is 4.68. The van der Waals surface area contributed by atoms with Crippen LogP contribution in [0.4, 0.5) is 5.69 Å². The third-order valence-electron chi connectivity index (χ3n) is 1.82. The molecule has 0 aliphatic heterocycles. The molecule has 0 aliphatic carbocycles. The number of nitrogens with two attached hydrogens (primary N) is 1. The van der Waals surface area contributed by atoms with Crippen LogP contribution in [0.1, 0.15) is 23.7 Å². The predicted octanol–water partition coefficient (Wildman–Crippen LogP) is 1.40. The van der Waals surface area contributed by atoms with Gasteiger partial charge in [-0.15, -0.1) is 0 Å². The van der Waals surface area contributed by atoms with Crippen molar-refractivity contribution in [2.75, 3.05) is 12.3 Å². The molecule has 80 valence electrons. The summed E-state index contributed by atoms with van der Waals surface area (Å²) in [6.45, 7) is 1.98. The second-order valence-corrected chi connectivity index (χ2v) is 3.03. The predicted molar refractivity (Wildman–Crippen MR) is 56.4 cm³/mol. The van der Waals surface area contributed by atoms with Gasteiger partial charge in [-0.2, -0.15) is 0 Å². The average Bonchev–Trinajstić information content (AvgIpc) is 2.18. The van der Waals surface area contributed by atoms with Gasteiger partial charge in [0.05, 0.1) is 6.61 Å². The number of rotatable bonds is 4. The molecule has 0 saturated carbocycles. The topological polar surface area (TPSA) is 69.4 Å². The fourth-order valence-corrected chi connectivity index (χ4v) is 1.16. The van der Waals surface area contributed by atoms with Gasteiger partial charge in [-0.05, 0) is 19.1 Å². The van der Waals surface area contributed by atoms with E-state index in [1.807, 2.05) is 0 Å². The SMILES string of the molecule is CCOC(=O)CC(=O)c1cccc(N)c1. The van der Waals surface area contributed by atoms with Crippen molar-refractivity contribution in [2.45, 2.75) is 13.3 Å². The van der Waals surface area contributed by atoms with Crippen LogP contribution in [-0.2, 0) is 9.53 Å². The molecule has 0 unspecified atom stereocenters. The Kier molecular flexibility index (Phi) is 3.85. The van der Waals surface area contributed by atoms with Gasteiger partial charge in [0.1, 0.15) is 6.42 Å². The molecule has 0 amide bonds. The van der Waals surface area contributed by atoms with Crippen LogP contribution in [0.2, 0.25) is 0 Å². The number of nitrogen functional groups attached to an aromatic ring is 1. The van der Waals surface area contributed by atoms with Crippen LogP contribution in [0.5, 0.6) is 0 Å². The first-order chi connectivity index (χ1) is 7.13. The summed E-state index contributed by atoms with van der Waals surface area (Å²) in [4.78, 5) is 22.6. The molecule has 2 N–H and O–H groups in total. The summed E-state index contributed by atoms with van der Waals surface area (Å²) >= 11 is 0. The minimum atomic E-state index is -0.509. The Morgan fingerprint density at radius 3 is 2.73 bits per heavy atom. The zero-order chi connectivity index (χ0) is 11.3. The van der Waals surface area contributed by atoms with E-state index in [0.29, 0.717) is 11.3 Å². The van der Waals surface area contributed by atoms with Gasteiger partial charge in [0, 0.05) is 11.3 Å². The van der Waals surface area contributed by atoms with Crippen LogP contribution in [-0.4, -0.2) is 18.4 Å². The Morgan fingerprint density at radius 2 is 2.13 bits per heavy atom. The highest BCUT2D eigenvalue weighted by atomic mass is 16.5. The molecule has 0 saturated heterocycles. The molecule has 0 atom stereocenters. The third kappa shape index (κ3) is 3.42. The smallest absolute Gasteiger partial charge is 0.313 e. The van der Waals surface area contributed by atoms with Crippen molar-refractivity contribution in [1.82, 2.24) is 0 Å². The van der Waals surface area contributed by atoms with E-state index in [1.54, 1.807) is 31.2 Å². The number of hydrogen-bond donors (Lipinski definition) is 1. The normalized spacial score (nSPS) is 9.67. The standard InChI is InChI=1S/C11H13NO3/c1-2-15-11(14)7-10(13)8-4-3-5-9(12)6-8/h3-6H,2,7,12H2,1H3. The Morgan fingerprint density at radius 1 is 1.40 bits per heavy atom. The molecule has 0 fully saturated rings. The van der Waals surface area contributed by atoms with Crippen molar-refractivity contribution >= 4 is 17.4 Å². The average molecular weight is 207 g/mol. The number of anilines is 1. The van der Waals surface area contributed by atoms with E-state index in [0.717, 1.165) is 0 Å². The summed E-state index contributed by atoms with van der Waals surface area (Å²) in [6.07, 6.45) is -0.239. The summed E-state index contributed by atoms with van der Waals surface area (Å²) in [6, 6.07) is 6.52. The third-order valence-corrected chi connectivity index (χ3v) is 1.82. The van der Waals surface area contributed by atoms with Crippen LogP contribution in [0.3, 0.4) is 0 Å². The highest BCUT2D eigenvalue weighted by Gasteiger charge is 2.12. The minimum Gasteiger partial charge on any atom is -0.466 e. The number of hydrogen-bond acceptors (Lipinski definition) is 4. The molecule has 1 aromatic rings. The fourth-order valence-electron chi connectivity index (χ4n) is 1.16. The van der Waals surface area contributed by atoms with Crippen molar-refractivity contribution < 1.29 is 14.3 Å². The van der Waals surface area contributed by atoms with Gasteiger partial charge in [0.25, 0.3) is 0 Å². The molecular weight excluding hydrogens is 194 g/mol. The zero-order valence-electron chi connectivity index (χ0n) is 8.53. The summed E-state index contributed by atoms with van der Waals surface area (Å²) in [7, 11) is 0. The Labute approximate surface area is 88.0 Å². The lowest BCUT2D eigenvalue weighted by Crippen LogP contribution is -2.11. The summed E-state index contributed by atoms with van der Waals surface area (Å²) < 4.78 is 4.67. The molecule has 0 aromatic heterocycles. The number of esters is 1. The quantitative estimate of drug-likeness (QED) is 0.350. The van der Waals surface area contributed by atoms with Crippen LogP contribution in [0.15, 0.2) is 24.3 Å². The largest absolute Gasteiger partial charge is 0.466 e. The van der Waals surface area contributed by atoms with Gasteiger partial charge in [-0.3, -0.25) is 9.59 Å². The first kappa shape index (κ1) is 11.2. The summed E-state index contributed by atoms with van der Waals surface area (Å²) in [5, 5.41) is 0. The molecule has 0 aliphatic rings. The van der Waals surface area contributed by atoms with Gasteiger partial charge < -0.3 is 10.5 Å². The Balaban J connectivity index is 2.65. The van der Waals surface area contributed by atoms with Crippen LogP contribution in [0.25, 0.3) is 0 Å². The number of Topliss-reactive ketones (excluding diaryl/α,β-unsaturated/α-hetero) is 1. The lowest BCUT2D eigenvalue weighted by molar-refractivity contribution is -0.141. The van der Waals surface area contributed by atoms with Crippen LogP contribution < -0.4 is 5.73 Å². The summed E-state index contributed by atoms with van der Waals surface area (Å²) in [5.41, 5.74) is 6.46. The van der Waals surface area contributed by atoms with Crippen molar-refractivity contribution in [3.8, 4) is 0 Å². The number of benzene rings is 1. The van der Waals surface area contributed by atoms with Crippen molar-refractivity contribution in [2.24, 2.45) is 0 Å².